The highest BCUT2D eigenvalue weighted by Gasteiger charge is 2.24. The number of rotatable bonds is 1. The highest BCUT2D eigenvalue weighted by atomic mass is 16.3. The second-order valence-corrected chi connectivity index (χ2v) is 3.85. The van der Waals surface area contributed by atoms with Crippen molar-refractivity contribution in [2.24, 2.45) is 16.5 Å². The third kappa shape index (κ3) is 1.99. The maximum absolute atomic E-state index is 9.77. The molecule has 6 N–H and O–H groups in total. The normalized spacial score (nSPS) is 27.4. The number of piperidine rings is 1. The number of hydrogen-bond donors (Lipinski definition) is 4. The first-order valence-electron chi connectivity index (χ1n) is 5.22. The van der Waals surface area contributed by atoms with Crippen molar-refractivity contribution in [2.75, 3.05) is 13.1 Å². The number of aliphatic imine (C=N–C) groups is 1. The summed E-state index contributed by atoms with van der Waals surface area (Å²) < 4.78 is 0. The Morgan fingerprint density at radius 2 is 2.00 bits per heavy atom. The van der Waals surface area contributed by atoms with Crippen molar-refractivity contribution in [3.05, 3.63) is 11.6 Å². The summed E-state index contributed by atoms with van der Waals surface area (Å²) in [4.78, 5) is 5.90. The van der Waals surface area contributed by atoms with E-state index in [1.54, 1.807) is 0 Å². The molecule has 2 heterocycles. The zero-order chi connectivity index (χ0) is 10.8. The van der Waals surface area contributed by atoms with Crippen LogP contribution in [0.2, 0.25) is 0 Å². The molecule has 15 heavy (non-hydrogen) atoms. The summed E-state index contributed by atoms with van der Waals surface area (Å²) in [6, 6.07) is 0. The number of likely N-dealkylation sites (tertiary alicyclic amines) is 1. The molecule has 0 aliphatic carbocycles. The summed E-state index contributed by atoms with van der Waals surface area (Å²) in [5.41, 5.74) is 11.2. The Morgan fingerprint density at radius 1 is 1.33 bits per heavy atom. The number of amidine groups is 1. The summed E-state index contributed by atoms with van der Waals surface area (Å²) in [6.45, 7) is 1.85. The van der Waals surface area contributed by atoms with Gasteiger partial charge in [-0.3, -0.25) is 5.73 Å². The fourth-order valence-electron chi connectivity index (χ4n) is 1.93. The molecule has 2 aliphatic heterocycles. The first-order chi connectivity index (χ1) is 7.18. The Labute approximate surface area is 88.6 Å². The van der Waals surface area contributed by atoms with Gasteiger partial charge in [0.25, 0.3) is 0 Å². The standard InChI is InChI=1S/C9H17N5O/c10-7-6(15)8(13-9(11)12-7)14-4-2-1-3-5-14/h9,13,15H,1-5,11H2,(H2,10,12). The van der Waals surface area contributed by atoms with Gasteiger partial charge in [0.05, 0.1) is 0 Å². The predicted molar refractivity (Wildman–Crippen MR) is 57.8 cm³/mol. The van der Waals surface area contributed by atoms with Gasteiger partial charge in [-0.05, 0) is 19.3 Å². The van der Waals surface area contributed by atoms with Crippen LogP contribution in [0.1, 0.15) is 19.3 Å². The van der Waals surface area contributed by atoms with Gasteiger partial charge in [0.2, 0.25) is 0 Å². The number of nitrogens with two attached hydrogens (primary N) is 2. The van der Waals surface area contributed by atoms with Gasteiger partial charge in [0, 0.05) is 13.1 Å². The van der Waals surface area contributed by atoms with Gasteiger partial charge >= 0.3 is 0 Å². The van der Waals surface area contributed by atoms with Crippen LogP contribution in [-0.2, 0) is 0 Å². The van der Waals surface area contributed by atoms with Crippen molar-refractivity contribution in [1.29, 1.82) is 0 Å². The monoisotopic (exact) mass is 211 g/mol. The van der Waals surface area contributed by atoms with Gasteiger partial charge in [0.1, 0.15) is 0 Å². The molecule has 0 spiro atoms. The third-order valence-corrected chi connectivity index (χ3v) is 2.70. The largest absolute Gasteiger partial charge is 0.502 e. The molecule has 0 radical (unpaired) electrons. The van der Waals surface area contributed by atoms with E-state index in [0.717, 1.165) is 25.9 Å². The summed E-state index contributed by atoms with van der Waals surface area (Å²) in [5.74, 6) is 0.745. The van der Waals surface area contributed by atoms with Crippen LogP contribution in [-0.4, -0.2) is 35.2 Å². The summed E-state index contributed by atoms with van der Waals surface area (Å²) in [7, 11) is 0. The minimum absolute atomic E-state index is 0.0126. The second kappa shape index (κ2) is 3.98. The molecular weight excluding hydrogens is 194 g/mol. The molecule has 2 rings (SSSR count). The fourth-order valence-corrected chi connectivity index (χ4v) is 1.93. The number of nitrogens with zero attached hydrogens (tertiary/aromatic N) is 2. The van der Waals surface area contributed by atoms with Crippen LogP contribution in [0, 0.1) is 0 Å². The second-order valence-electron chi connectivity index (χ2n) is 3.85. The van der Waals surface area contributed by atoms with Gasteiger partial charge in [-0.15, -0.1) is 0 Å². The van der Waals surface area contributed by atoms with Crippen LogP contribution >= 0.6 is 0 Å². The lowest BCUT2D eigenvalue weighted by atomic mass is 10.1. The molecule has 1 atom stereocenters. The van der Waals surface area contributed by atoms with E-state index in [-0.39, 0.29) is 11.6 Å². The minimum atomic E-state index is -0.558. The molecule has 0 aromatic rings. The molecule has 84 valence electrons. The van der Waals surface area contributed by atoms with Crippen LogP contribution in [0.25, 0.3) is 0 Å². The summed E-state index contributed by atoms with van der Waals surface area (Å²) in [5, 5.41) is 12.7. The molecule has 0 saturated carbocycles. The van der Waals surface area contributed by atoms with Crippen LogP contribution < -0.4 is 16.8 Å². The Bertz CT molecular complexity index is 306. The molecule has 1 fully saturated rings. The van der Waals surface area contributed by atoms with Crippen molar-refractivity contribution in [3.63, 3.8) is 0 Å². The fraction of sp³-hybridized carbons (Fsp3) is 0.667. The molecule has 2 aliphatic rings. The molecule has 0 aromatic carbocycles. The van der Waals surface area contributed by atoms with Crippen LogP contribution in [0.5, 0.6) is 0 Å². The average Bonchev–Trinajstić information content (AvgIpc) is 2.24. The quantitative estimate of drug-likeness (QED) is 0.464. The Balaban J connectivity index is 2.18. The number of aliphatic hydroxyl groups excluding tert-OH is 1. The topological polar surface area (TPSA) is 99.9 Å². The van der Waals surface area contributed by atoms with E-state index in [4.69, 9.17) is 11.5 Å². The van der Waals surface area contributed by atoms with Crippen LogP contribution in [0.3, 0.4) is 0 Å². The van der Waals surface area contributed by atoms with Crippen molar-refractivity contribution in [3.8, 4) is 0 Å². The van der Waals surface area contributed by atoms with Gasteiger partial charge < -0.3 is 21.1 Å². The van der Waals surface area contributed by atoms with E-state index in [0.29, 0.717) is 5.82 Å². The highest BCUT2D eigenvalue weighted by Crippen LogP contribution is 2.17. The zero-order valence-corrected chi connectivity index (χ0v) is 8.61. The molecular formula is C9H17N5O. The van der Waals surface area contributed by atoms with Crippen molar-refractivity contribution >= 4 is 5.84 Å². The van der Waals surface area contributed by atoms with E-state index in [1.165, 1.54) is 6.42 Å². The number of aliphatic hydroxyl groups is 1. The molecule has 0 aromatic heterocycles. The average molecular weight is 211 g/mol. The van der Waals surface area contributed by atoms with E-state index < -0.39 is 6.29 Å². The lowest BCUT2D eigenvalue weighted by molar-refractivity contribution is 0.239. The number of hydrogen-bond acceptors (Lipinski definition) is 6. The minimum Gasteiger partial charge on any atom is -0.502 e. The van der Waals surface area contributed by atoms with E-state index >= 15 is 0 Å². The van der Waals surface area contributed by atoms with Crippen LogP contribution in [0.15, 0.2) is 16.6 Å². The van der Waals surface area contributed by atoms with Gasteiger partial charge in [-0.2, -0.15) is 0 Å². The maximum atomic E-state index is 9.77. The Morgan fingerprint density at radius 3 is 2.67 bits per heavy atom. The molecule has 0 bridgehead atoms. The van der Waals surface area contributed by atoms with E-state index in [2.05, 4.69) is 15.2 Å². The van der Waals surface area contributed by atoms with Crippen molar-refractivity contribution in [1.82, 2.24) is 10.2 Å². The molecule has 1 unspecified atom stereocenters. The highest BCUT2D eigenvalue weighted by molar-refractivity contribution is 5.95. The lowest BCUT2D eigenvalue weighted by Crippen LogP contribution is -2.48. The van der Waals surface area contributed by atoms with Gasteiger partial charge in [-0.1, -0.05) is 0 Å². The molecule has 6 nitrogen and oxygen atoms in total. The van der Waals surface area contributed by atoms with Crippen molar-refractivity contribution < 1.29 is 5.11 Å². The summed E-state index contributed by atoms with van der Waals surface area (Å²) in [6.07, 6.45) is 2.94. The SMILES string of the molecule is NC1=NC(N)NC(N2CCCCC2)=C1O. The predicted octanol–water partition coefficient (Wildman–Crippen LogP) is -0.598. The summed E-state index contributed by atoms with van der Waals surface area (Å²) >= 11 is 0. The van der Waals surface area contributed by atoms with E-state index in [1.807, 2.05) is 0 Å². The smallest absolute Gasteiger partial charge is 0.198 e. The zero-order valence-electron chi connectivity index (χ0n) is 8.61. The Kier molecular flexibility index (Phi) is 2.68. The van der Waals surface area contributed by atoms with E-state index in [9.17, 15) is 5.11 Å². The molecule has 6 heteroatoms. The maximum Gasteiger partial charge on any atom is 0.198 e. The lowest BCUT2D eigenvalue weighted by Gasteiger charge is -2.34. The van der Waals surface area contributed by atoms with Crippen molar-refractivity contribution in [2.45, 2.75) is 25.6 Å². The van der Waals surface area contributed by atoms with Gasteiger partial charge in [-0.25, -0.2) is 4.99 Å². The third-order valence-electron chi connectivity index (χ3n) is 2.70. The van der Waals surface area contributed by atoms with Gasteiger partial charge in [0.15, 0.2) is 23.7 Å². The number of nitrogens with one attached hydrogen (secondary N) is 1. The molecule has 0 amide bonds. The Hall–Kier alpha value is -1.43. The first kappa shape index (κ1) is 10.1. The first-order valence-corrected chi connectivity index (χ1v) is 5.22. The van der Waals surface area contributed by atoms with Crippen LogP contribution in [0.4, 0.5) is 0 Å². The molecule has 1 saturated heterocycles.